The number of anilines is 1. The molecule has 1 heterocycles. The van der Waals surface area contributed by atoms with E-state index in [9.17, 15) is 4.79 Å². The summed E-state index contributed by atoms with van der Waals surface area (Å²) in [6, 6.07) is 8.38. The van der Waals surface area contributed by atoms with Gasteiger partial charge in [-0.2, -0.15) is 0 Å². The number of carbonyl (C=O) groups is 1. The topological polar surface area (TPSA) is 51.2 Å². The van der Waals surface area contributed by atoms with E-state index in [2.05, 4.69) is 10.3 Å². The van der Waals surface area contributed by atoms with Crippen molar-refractivity contribution in [1.29, 1.82) is 0 Å². The molecule has 1 N–H and O–H groups in total. The number of nitrogens with one attached hydrogen (secondary N) is 1. The van der Waals surface area contributed by atoms with Gasteiger partial charge in [-0.05, 0) is 30.3 Å². The zero-order valence-corrected chi connectivity index (χ0v) is 10.4. The van der Waals surface area contributed by atoms with Crippen LogP contribution in [0, 0.1) is 0 Å². The van der Waals surface area contributed by atoms with Crippen LogP contribution in [0.4, 0.5) is 5.69 Å². The second-order valence-electron chi connectivity index (χ2n) is 3.54. The molecule has 0 atom stereocenters. The number of nitrogens with zero attached hydrogens (tertiary/aromatic N) is 1. The number of amides is 1. The van der Waals surface area contributed by atoms with Crippen LogP contribution in [0.25, 0.3) is 0 Å². The molecule has 1 amide bonds. The van der Waals surface area contributed by atoms with E-state index < -0.39 is 0 Å². The molecule has 1 aromatic carbocycles. The number of halogens is 1. The first-order chi connectivity index (χ1) is 8.70. The Morgan fingerprint density at radius 3 is 2.89 bits per heavy atom. The van der Waals surface area contributed by atoms with E-state index in [1.807, 2.05) is 0 Å². The van der Waals surface area contributed by atoms with Crippen molar-refractivity contribution in [3.8, 4) is 5.75 Å². The molecular weight excluding hydrogens is 252 g/mol. The van der Waals surface area contributed by atoms with Gasteiger partial charge < -0.3 is 10.1 Å². The quantitative estimate of drug-likeness (QED) is 0.925. The Morgan fingerprint density at radius 2 is 2.22 bits per heavy atom. The summed E-state index contributed by atoms with van der Waals surface area (Å²) < 4.78 is 5.12. The number of rotatable bonds is 3. The van der Waals surface area contributed by atoms with Crippen LogP contribution < -0.4 is 10.1 Å². The third-order valence-electron chi connectivity index (χ3n) is 2.33. The Hall–Kier alpha value is -2.07. The standard InChI is InChI=1S/C13H11ClN2O2/c1-18-12-5-4-9(14)7-11(12)13(17)16-10-3-2-6-15-8-10/h2-8H,1H3,(H,16,17). The number of carbonyl (C=O) groups excluding carboxylic acids is 1. The average Bonchev–Trinajstić information content (AvgIpc) is 2.40. The Balaban J connectivity index is 2.26. The molecule has 0 aliphatic heterocycles. The fourth-order valence-electron chi connectivity index (χ4n) is 1.49. The summed E-state index contributed by atoms with van der Waals surface area (Å²) in [5, 5.41) is 3.20. The minimum absolute atomic E-state index is 0.289. The normalized spacial score (nSPS) is 9.89. The van der Waals surface area contributed by atoms with Crippen molar-refractivity contribution < 1.29 is 9.53 Å². The number of aromatic nitrogens is 1. The molecule has 0 unspecified atom stereocenters. The lowest BCUT2D eigenvalue weighted by Gasteiger charge is -2.09. The fourth-order valence-corrected chi connectivity index (χ4v) is 1.66. The molecular formula is C13H11ClN2O2. The van der Waals surface area contributed by atoms with E-state index in [0.29, 0.717) is 22.0 Å². The van der Waals surface area contributed by atoms with Crippen LogP contribution >= 0.6 is 11.6 Å². The first-order valence-electron chi connectivity index (χ1n) is 5.25. The highest BCUT2D eigenvalue weighted by molar-refractivity contribution is 6.31. The molecule has 1 aromatic heterocycles. The Labute approximate surface area is 110 Å². The van der Waals surface area contributed by atoms with Crippen molar-refractivity contribution in [1.82, 2.24) is 4.98 Å². The lowest BCUT2D eigenvalue weighted by atomic mass is 10.2. The Morgan fingerprint density at radius 1 is 1.39 bits per heavy atom. The molecule has 0 aliphatic carbocycles. The first-order valence-corrected chi connectivity index (χ1v) is 5.63. The summed E-state index contributed by atoms with van der Waals surface area (Å²) in [5.41, 5.74) is 0.999. The monoisotopic (exact) mass is 262 g/mol. The number of ether oxygens (including phenoxy) is 1. The predicted molar refractivity (Wildman–Crippen MR) is 70.2 cm³/mol. The molecule has 0 spiro atoms. The number of benzene rings is 1. The highest BCUT2D eigenvalue weighted by atomic mass is 35.5. The van der Waals surface area contributed by atoms with Crippen molar-refractivity contribution in [3.05, 3.63) is 53.3 Å². The van der Waals surface area contributed by atoms with Crippen molar-refractivity contribution in [2.24, 2.45) is 0 Å². The maximum absolute atomic E-state index is 12.1. The average molecular weight is 263 g/mol. The van der Waals surface area contributed by atoms with Crippen LogP contribution in [0.2, 0.25) is 5.02 Å². The van der Waals surface area contributed by atoms with Gasteiger partial charge in [0.05, 0.1) is 24.6 Å². The van der Waals surface area contributed by atoms with Crippen LogP contribution in [0.1, 0.15) is 10.4 Å². The number of methoxy groups -OCH3 is 1. The van der Waals surface area contributed by atoms with E-state index >= 15 is 0 Å². The van der Waals surface area contributed by atoms with Crippen LogP contribution in [-0.2, 0) is 0 Å². The Bertz CT molecular complexity index is 558. The van der Waals surface area contributed by atoms with Gasteiger partial charge >= 0.3 is 0 Å². The molecule has 0 saturated heterocycles. The molecule has 0 aliphatic rings. The van der Waals surface area contributed by atoms with Crippen LogP contribution in [-0.4, -0.2) is 18.0 Å². The highest BCUT2D eigenvalue weighted by Gasteiger charge is 2.13. The zero-order valence-electron chi connectivity index (χ0n) is 9.68. The molecule has 2 aromatic rings. The first kappa shape index (κ1) is 12.4. The van der Waals surface area contributed by atoms with Crippen LogP contribution in [0.3, 0.4) is 0 Å². The van der Waals surface area contributed by atoms with Gasteiger partial charge in [-0.1, -0.05) is 11.6 Å². The van der Waals surface area contributed by atoms with Gasteiger partial charge in [-0.3, -0.25) is 9.78 Å². The third kappa shape index (κ3) is 2.78. The molecule has 0 fully saturated rings. The molecule has 5 heteroatoms. The van der Waals surface area contributed by atoms with Crippen LogP contribution in [0.15, 0.2) is 42.7 Å². The molecule has 18 heavy (non-hydrogen) atoms. The summed E-state index contributed by atoms with van der Waals surface area (Å²) in [6.45, 7) is 0. The smallest absolute Gasteiger partial charge is 0.259 e. The maximum Gasteiger partial charge on any atom is 0.259 e. The molecule has 0 radical (unpaired) electrons. The van der Waals surface area contributed by atoms with Gasteiger partial charge in [0.25, 0.3) is 5.91 Å². The third-order valence-corrected chi connectivity index (χ3v) is 2.56. The second kappa shape index (κ2) is 5.51. The van der Waals surface area contributed by atoms with E-state index in [-0.39, 0.29) is 5.91 Å². The Kier molecular flexibility index (Phi) is 3.79. The summed E-state index contributed by atoms with van der Waals surface area (Å²) in [6.07, 6.45) is 3.20. The van der Waals surface area contributed by atoms with Crippen molar-refractivity contribution >= 4 is 23.2 Å². The summed E-state index contributed by atoms with van der Waals surface area (Å²) in [5.74, 6) is 0.183. The van der Waals surface area contributed by atoms with Gasteiger partial charge in [0, 0.05) is 11.2 Å². The lowest BCUT2D eigenvalue weighted by molar-refractivity contribution is 0.102. The van der Waals surface area contributed by atoms with Crippen molar-refractivity contribution in [3.63, 3.8) is 0 Å². The fraction of sp³-hybridized carbons (Fsp3) is 0.0769. The molecule has 0 bridgehead atoms. The SMILES string of the molecule is COc1ccc(Cl)cc1C(=O)Nc1cccnc1. The van der Waals surface area contributed by atoms with E-state index in [4.69, 9.17) is 16.3 Å². The van der Waals surface area contributed by atoms with Crippen molar-refractivity contribution in [2.45, 2.75) is 0 Å². The van der Waals surface area contributed by atoms with E-state index in [1.54, 1.807) is 42.7 Å². The van der Waals surface area contributed by atoms with E-state index in [1.165, 1.54) is 7.11 Å². The van der Waals surface area contributed by atoms with Crippen LogP contribution in [0.5, 0.6) is 5.75 Å². The molecule has 2 rings (SSSR count). The molecule has 4 nitrogen and oxygen atoms in total. The summed E-state index contributed by atoms with van der Waals surface area (Å²) >= 11 is 5.87. The maximum atomic E-state index is 12.1. The predicted octanol–water partition coefficient (Wildman–Crippen LogP) is 3.00. The van der Waals surface area contributed by atoms with Gasteiger partial charge in [0.2, 0.25) is 0 Å². The lowest BCUT2D eigenvalue weighted by Crippen LogP contribution is -2.13. The molecule has 92 valence electrons. The largest absolute Gasteiger partial charge is 0.496 e. The minimum atomic E-state index is -0.289. The highest BCUT2D eigenvalue weighted by Crippen LogP contribution is 2.23. The summed E-state index contributed by atoms with van der Waals surface area (Å²) in [7, 11) is 1.50. The second-order valence-corrected chi connectivity index (χ2v) is 3.98. The van der Waals surface area contributed by atoms with Gasteiger partial charge in [0.1, 0.15) is 5.75 Å². The van der Waals surface area contributed by atoms with Gasteiger partial charge in [-0.25, -0.2) is 0 Å². The number of hydrogen-bond acceptors (Lipinski definition) is 3. The number of pyridine rings is 1. The zero-order chi connectivity index (χ0) is 13.0. The van der Waals surface area contributed by atoms with Gasteiger partial charge in [0.15, 0.2) is 0 Å². The van der Waals surface area contributed by atoms with Gasteiger partial charge in [-0.15, -0.1) is 0 Å². The minimum Gasteiger partial charge on any atom is -0.496 e. The number of hydrogen-bond donors (Lipinski definition) is 1. The van der Waals surface area contributed by atoms with E-state index in [0.717, 1.165) is 0 Å². The summed E-state index contributed by atoms with van der Waals surface area (Å²) in [4.78, 5) is 16.0. The van der Waals surface area contributed by atoms with Crippen molar-refractivity contribution in [2.75, 3.05) is 12.4 Å². The molecule has 0 saturated carbocycles.